The van der Waals surface area contributed by atoms with Gasteiger partial charge in [-0.25, -0.2) is 4.39 Å². The van der Waals surface area contributed by atoms with Crippen LogP contribution in [0.25, 0.3) is 0 Å². The van der Waals surface area contributed by atoms with Gasteiger partial charge >= 0.3 is 0 Å². The van der Waals surface area contributed by atoms with E-state index < -0.39 is 0 Å². The number of hydrogen-bond acceptors (Lipinski definition) is 1. The monoisotopic (exact) mass is 191 g/mol. The third kappa shape index (κ3) is 2.20. The highest BCUT2D eigenvalue weighted by molar-refractivity contribution is 5.17. The van der Waals surface area contributed by atoms with E-state index in [-0.39, 0.29) is 5.82 Å². The van der Waals surface area contributed by atoms with E-state index in [9.17, 15) is 4.39 Å². The lowest BCUT2D eigenvalue weighted by Crippen LogP contribution is -2.26. The number of nitrogens with zero attached hydrogens (tertiary/aromatic N) is 1. The summed E-state index contributed by atoms with van der Waals surface area (Å²) in [5, 5.41) is 0. The van der Waals surface area contributed by atoms with E-state index in [0.717, 1.165) is 31.6 Å². The van der Waals surface area contributed by atoms with Crippen LogP contribution in [0.3, 0.4) is 0 Å². The second-order valence-corrected chi connectivity index (χ2v) is 3.59. The number of benzene rings is 1. The summed E-state index contributed by atoms with van der Waals surface area (Å²) in [7, 11) is 0. The average Bonchev–Trinajstić information content (AvgIpc) is 2.23. The maximum Gasteiger partial charge on any atom is 0.127 e. The van der Waals surface area contributed by atoms with Crippen molar-refractivity contribution in [3.8, 4) is 0 Å². The minimum atomic E-state index is -0.0953. The van der Waals surface area contributed by atoms with Crippen LogP contribution in [0.1, 0.15) is 12.0 Å². The fourth-order valence-electron chi connectivity index (χ4n) is 1.70. The molecule has 0 bridgehead atoms. The average molecular weight is 191 g/mol. The Kier molecular flexibility index (Phi) is 2.94. The molecular weight excluding hydrogens is 177 g/mol. The van der Waals surface area contributed by atoms with E-state index in [4.69, 9.17) is 0 Å². The normalized spacial score (nSPS) is 17.2. The van der Waals surface area contributed by atoms with Crippen molar-refractivity contribution in [3.05, 3.63) is 47.8 Å². The third-order valence-electron chi connectivity index (χ3n) is 2.49. The summed E-state index contributed by atoms with van der Waals surface area (Å²) < 4.78 is 13.3. The molecule has 1 aliphatic heterocycles. The molecule has 0 saturated carbocycles. The van der Waals surface area contributed by atoms with Crippen molar-refractivity contribution in [3.63, 3.8) is 0 Å². The van der Waals surface area contributed by atoms with Gasteiger partial charge in [0, 0.05) is 25.2 Å². The zero-order valence-electron chi connectivity index (χ0n) is 8.12. The largest absolute Gasteiger partial charge is 0.295 e. The summed E-state index contributed by atoms with van der Waals surface area (Å²) in [6, 6.07) is 7.00. The molecule has 0 atom stereocenters. The summed E-state index contributed by atoms with van der Waals surface area (Å²) in [4.78, 5) is 2.25. The van der Waals surface area contributed by atoms with E-state index in [0.29, 0.717) is 0 Å². The molecule has 0 fully saturated rings. The Balaban J connectivity index is 2.03. The van der Waals surface area contributed by atoms with Crippen LogP contribution >= 0.6 is 0 Å². The molecule has 0 N–H and O–H groups in total. The Labute approximate surface area is 83.9 Å². The van der Waals surface area contributed by atoms with E-state index in [1.165, 1.54) is 6.07 Å². The molecule has 0 unspecified atom stereocenters. The molecule has 2 rings (SSSR count). The standard InChI is InChI=1S/C12H14FN/c13-12-7-3-2-6-11(12)10-14-8-4-1-5-9-14/h1-4,6-7H,5,8-10H2. The van der Waals surface area contributed by atoms with Crippen LogP contribution in [0.5, 0.6) is 0 Å². The summed E-state index contributed by atoms with van der Waals surface area (Å²) in [5.41, 5.74) is 0.794. The number of hydrogen-bond donors (Lipinski definition) is 0. The van der Waals surface area contributed by atoms with Crippen molar-refractivity contribution >= 4 is 0 Å². The van der Waals surface area contributed by atoms with Gasteiger partial charge in [-0.05, 0) is 12.5 Å². The maximum absolute atomic E-state index is 13.3. The molecule has 14 heavy (non-hydrogen) atoms. The molecule has 1 aliphatic rings. The van der Waals surface area contributed by atoms with Gasteiger partial charge in [0.15, 0.2) is 0 Å². The second kappa shape index (κ2) is 4.38. The van der Waals surface area contributed by atoms with Crippen LogP contribution in [0.4, 0.5) is 4.39 Å². The Hall–Kier alpha value is -1.15. The smallest absolute Gasteiger partial charge is 0.127 e. The summed E-state index contributed by atoms with van der Waals surface area (Å²) in [6.07, 6.45) is 5.40. The van der Waals surface area contributed by atoms with E-state index in [1.54, 1.807) is 6.07 Å². The Morgan fingerprint density at radius 3 is 2.79 bits per heavy atom. The third-order valence-corrected chi connectivity index (χ3v) is 2.49. The predicted octanol–water partition coefficient (Wildman–Crippen LogP) is 2.59. The summed E-state index contributed by atoms with van der Waals surface area (Å²) >= 11 is 0. The molecular formula is C12H14FN. The van der Waals surface area contributed by atoms with Crippen LogP contribution in [0.2, 0.25) is 0 Å². The predicted molar refractivity (Wildman–Crippen MR) is 55.4 cm³/mol. The minimum Gasteiger partial charge on any atom is -0.295 e. The van der Waals surface area contributed by atoms with Gasteiger partial charge < -0.3 is 0 Å². The topological polar surface area (TPSA) is 3.24 Å². The Morgan fingerprint density at radius 2 is 2.07 bits per heavy atom. The first kappa shape index (κ1) is 9.41. The summed E-state index contributed by atoms with van der Waals surface area (Å²) in [5.74, 6) is -0.0953. The van der Waals surface area contributed by atoms with Gasteiger partial charge in [-0.1, -0.05) is 30.4 Å². The van der Waals surface area contributed by atoms with Gasteiger partial charge in [-0.3, -0.25) is 4.90 Å². The van der Waals surface area contributed by atoms with Gasteiger partial charge in [0.05, 0.1) is 0 Å². The van der Waals surface area contributed by atoms with Crippen LogP contribution in [-0.4, -0.2) is 18.0 Å². The van der Waals surface area contributed by atoms with Crippen molar-refractivity contribution in [2.45, 2.75) is 13.0 Å². The number of halogens is 1. The van der Waals surface area contributed by atoms with Gasteiger partial charge in [-0.2, -0.15) is 0 Å². The highest BCUT2D eigenvalue weighted by atomic mass is 19.1. The summed E-state index contributed by atoms with van der Waals surface area (Å²) in [6.45, 7) is 2.69. The minimum absolute atomic E-state index is 0.0953. The zero-order valence-corrected chi connectivity index (χ0v) is 8.12. The van der Waals surface area contributed by atoms with Gasteiger partial charge in [-0.15, -0.1) is 0 Å². The second-order valence-electron chi connectivity index (χ2n) is 3.59. The van der Waals surface area contributed by atoms with Crippen molar-refractivity contribution in [2.75, 3.05) is 13.1 Å². The van der Waals surface area contributed by atoms with Gasteiger partial charge in [0.25, 0.3) is 0 Å². The first-order valence-electron chi connectivity index (χ1n) is 4.97. The van der Waals surface area contributed by atoms with Crippen molar-refractivity contribution < 1.29 is 4.39 Å². The van der Waals surface area contributed by atoms with Crippen molar-refractivity contribution in [2.24, 2.45) is 0 Å². The van der Waals surface area contributed by atoms with Crippen LogP contribution < -0.4 is 0 Å². The van der Waals surface area contributed by atoms with Crippen molar-refractivity contribution in [1.82, 2.24) is 4.90 Å². The first-order chi connectivity index (χ1) is 6.86. The van der Waals surface area contributed by atoms with Gasteiger partial charge in [0.1, 0.15) is 5.82 Å². The lowest BCUT2D eigenvalue weighted by Gasteiger charge is -2.23. The van der Waals surface area contributed by atoms with Crippen LogP contribution in [0.15, 0.2) is 36.4 Å². The van der Waals surface area contributed by atoms with E-state index in [1.807, 2.05) is 12.1 Å². The molecule has 1 aromatic carbocycles. The highest BCUT2D eigenvalue weighted by Crippen LogP contribution is 2.11. The van der Waals surface area contributed by atoms with Crippen LogP contribution in [-0.2, 0) is 6.54 Å². The molecule has 0 aromatic heterocycles. The van der Waals surface area contributed by atoms with E-state index >= 15 is 0 Å². The first-order valence-corrected chi connectivity index (χ1v) is 4.97. The Bertz CT molecular complexity index is 333. The molecule has 0 saturated heterocycles. The lowest BCUT2D eigenvalue weighted by molar-refractivity contribution is 0.286. The molecule has 0 amide bonds. The lowest BCUT2D eigenvalue weighted by atomic mass is 10.1. The quantitative estimate of drug-likeness (QED) is 0.649. The molecule has 74 valence electrons. The molecule has 1 nitrogen and oxygen atoms in total. The zero-order chi connectivity index (χ0) is 9.80. The van der Waals surface area contributed by atoms with Crippen molar-refractivity contribution in [1.29, 1.82) is 0 Å². The molecule has 1 aromatic rings. The SMILES string of the molecule is Fc1ccccc1CN1CC=CCC1. The van der Waals surface area contributed by atoms with E-state index in [2.05, 4.69) is 17.1 Å². The van der Waals surface area contributed by atoms with Gasteiger partial charge in [0.2, 0.25) is 0 Å². The fourth-order valence-corrected chi connectivity index (χ4v) is 1.70. The molecule has 0 aliphatic carbocycles. The maximum atomic E-state index is 13.3. The fraction of sp³-hybridized carbons (Fsp3) is 0.333. The number of rotatable bonds is 2. The molecule has 0 radical (unpaired) electrons. The molecule has 2 heteroatoms. The van der Waals surface area contributed by atoms with Crippen LogP contribution in [0, 0.1) is 5.82 Å². The molecule has 1 heterocycles. The molecule has 0 spiro atoms. The Morgan fingerprint density at radius 1 is 1.21 bits per heavy atom. The highest BCUT2D eigenvalue weighted by Gasteiger charge is 2.08.